The van der Waals surface area contributed by atoms with Crippen LogP contribution in [0.2, 0.25) is 0 Å². The van der Waals surface area contributed by atoms with Gasteiger partial charge in [-0.2, -0.15) is 0 Å². The van der Waals surface area contributed by atoms with Gasteiger partial charge in [0, 0.05) is 24.7 Å². The topological polar surface area (TPSA) is 50.8 Å². The van der Waals surface area contributed by atoms with E-state index >= 15 is 0 Å². The van der Waals surface area contributed by atoms with Crippen LogP contribution in [0, 0.1) is 5.92 Å². The van der Waals surface area contributed by atoms with Crippen LogP contribution < -0.4 is 14.8 Å². The predicted molar refractivity (Wildman–Crippen MR) is 87.1 cm³/mol. The van der Waals surface area contributed by atoms with E-state index in [1.807, 2.05) is 18.2 Å². The molecule has 0 spiro atoms. The lowest BCUT2D eigenvalue weighted by Crippen LogP contribution is -2.47. The van der Waals surface area contributed by atoms with Gasteiger partial charge in [0.05, 0.1) is 0 Å². The normalized spacial score (nSPS) is 31.7. The number of fused-ring (bicyclic) bond motifs is 3. The molecule has 0 aliphatic carbocycles. The molecule has 3 heterocycles. The molecule has 4 rings (SSSR count). The van der Waals surface area contributed by atoms with Crippen LogP contribution in [0.3, 0.4) is 0 Å². The first-order valence-electron chi connectivity index (χ1n) is 8.68. The third-order valence-electron chi connectivity index (χ3n) is 5.18. The second kappa shape index (κ2) is 6.04. The van der Waals surface area contributed by atoms with Gasteiger partial charge in [-0.25, -0.2) is 0 Å². The van der Waals surface area contributed by atoms with Gasteiger partial charge in [0.15, 0.2) is 11.5 Å². The van der Waals surface area contributed by atoms with Gasteiger partial charge >= 0.3 is 0 Å². The number of rotatable bonds is 3. The number of carbonyl (C=O) groups excluding carboxylic acids is 1. The minimum absolute atomic E-state index is 0.0116. The van der Waals surface area contributed by atoms with Gasteiger partial charge in [-0.1, -0.05) is 6.92 Å². The number of piperidine rings is 1. The summed E-state index contributed by atoms with van der Waals surface area (Å²) in [5, 5.41) is 3.19. The molecule has 1 amide bonds. The molecular formula is C18H24N2O3. The molecule has 23 heavy (non-hydrogen) atoms. The van der Waals surface area contributed by atoms with Crippen molar-refractivity contribution in [1.82, 2.24) is 10.2 Å². The van der Waals surface area contributed by atoms with Crippen LogP contribution in [-0.2, 0) is 0 Å². The Labute approximate surface area is 136 Å². The molecule has 1 unspecified atom stereocenters. The van der Waals surface area contributed by atoms with Crippen molar-refractivity contribution >= 4 is 5.91 Å². The highest BCUT2D eigenvalue weighted by molar-refractivity contribution is 5.95. The fraction of sp³-hybridized carbons (Fsp3) is 0.611. The first-order chi connectivity index (χ1) is 11.2. The SMILES string of the molecule is CC[C@@H]1COc2ccc(C(=O)N[C@H]3C[C@@H]4CCN(C4)C3)cc2O1. The highest BCUT2D eigenvalue weighted by Crippen LogP contribution is 2.33. The lowest BCUT2D eigenvalue weighted by Gasteiger charge is -2.30. The maximum atomic E-state index is 12.6. The summed E-state index contributed by atoms with van der Waals surface area (Å²) in [5.41, 5.74) is 0.650. The highest BCUT2D eigenvalue weighted by atomic mass is 16.6. The standard InChI is InChI=1S/C18H24N2O3/c1-2-15-11-22-16-4-3-13(8-17(16)23-15)18(21)19-14-7-12-5-6-20(9-12)10-14/h3-4,8,12,14-15H,2,5-7,9-11H2,1H3,(H,19,21)/t12-,14-,15+/m0/s1. The van der Waals surface area contributed by atoms with Crippen molar-refractivity contribution < 1.29 is 14.3 Å². The van der Waals surface area contributed by atoms with Gasteiger partial charge < -0.3 is 19.7 Å². The number of amides is 1. The number of benzene rings is 1. The van der Waals surface area contributed by atoms with E-state index in [4.69, 9.17) is 9.47 Å². The van der Waals surface area contributed by atoms with Crippen molar-refractivity contribution in [2.75, 3.05) is 26.2 Å². The Hall–Kier alpha value is -1.75. The Kier molecular flexibility index (Phi) is 3.89. The fourth-order valence-corrected chi connectivity index (χ4v) is 3.89. The largest absolute Gasteiger partial charge is 0.486 e. The van der Waals surface area contributed by atoms with E-state index in [2.05, 4.69) is 17.1 Å². The lowest BCUT2D eigenvalue weighted by molar-refractivity contribution is 0.0863. The molecule has 2 bridgehead atoms. The minimum atomic E-state index is -0.0116. The molecule has 3 aliphatic heterocycles. The summed E-state index contributed by atoms with van der Waals surface area (Å²) < 4.78 is 11.6. The zero-order chi connectivity index (χ0) is 15.8. The molecule has 2 fully saturated rings. The minimum Gasteiger partial charge on any atom is -0.486 e. The van der Waals surface area contributed by atoms with Gasteiger partial charge in [-0.05, 0) is 49.9 Å². The van der Waals surface area contributed by atoms with E-state index in [0.29, 0.717) is 17.9 Å². The van der Waals surface area contributed by atoms with Crippen molar-refractivity contribution in [3.8, 4) is 11.5 Å². The van der Waals surface area contributed by atoms with Gasteiger partial charge in [0.2, 0.25) is 0 Å². The number of ether oxygens (including phenoxy) is 2. The zero-order valence-electron chi connectivity index (χ0n) is 13.6. The molecule has 0 radical (unpaired) electrons. The summed E-state index contributed by atoms with van der Waals surface area (Å²) in [5.74, 6) is 2.15. The number of nitrogens with one attached hydrogen (secondary N) is 1. The van der Waals surface area contributed by atoms with Crippen molar-refractivity contribution in [3.05, 3.63) is 23.8 Å². The Morgan fingerprint density at radius 1 is 1.35 bits per heavy atom. The van der Waals surface area contributed by atoms with Crippen molar-refractivity contribution in [2.24, 2.45) is 5.92 Å². The Morgan fingerprint density at radius 3 is 3.09 bits per heavy atom. The molecule has 4 atom stereocenters. The second-order valence-electron chi connectivity index (χ2n) is 6.94. The Bertz CT molecular complexity index is 592. The number of hydrogen-bond donors (Lipinski definition) is 1. The number of hydrogen-bond acceptors (Lipinski definition) is 4. The van der Waals surface area contributed by atoms with Gasteiger partial charge in [0.1, 0.15) is 12.7 Å². The maximum absolute atomic E-state index is 12.6. The van der Waals surface area contributed by atoms with E-state index in [1.54, 1.807) is 0 Å². The van der Waals surface area contributed by atoms with Crippen LogP contribution >= 0.6 is 0 Å². The van der Waals surface area contributed by atoms with Crippen LogP contribution in [-0.4, -0.2) is 49.2 Å². The quantitative estimate of drug-likeness (QED) is 0.927. The van der Waals surface area contributed by atoms with Crippen molar-refractivity contribution in [3.63, 3.8) is 0 Å². The average Bonchev–Trinajstić information content (AvgIpc) is 2.92. The van der Waals surface area contributed by atoms with Crippen LogP contribution in [0.15, 0.2) is 18.2 Å². The molecule has 0 saturated carbocycles. The van der Waals surface area contributed by atoms with Crippen molar-refractivity contribution in [1.29, 1.82) is 0 Å². The Balaban J connectivity index is 1.44. The van der Waals surface area contributed by atoms with Crippen LogP contribution in [0.5, 0.6) is 11.5 Å². The smallest absolute Gasteiger partial charge is 0.251 e. The maximum Gasteiger partial charge on any atom is 0.251 e. The summed E-state index contributed by atoms with van der Waals surface area (Å²) in [7, 11) is 0. The van der Waals surface area contributed by atoms with Crippen LogP contribution in [0.25, 0.3) is 0 Å². The average molecular weight is 316 g/mol. The molecule has 5 heteroatoms. The van der Waals surface area contributed by atoms with E-state index < -0.39 is 0 Å². The summed E-state index contributed by atoms with van der Waals surface area (Å²) in [4.78, 5) is 15.0. The van der Waals surface area contributed by atoms with Gasteiger partial charge in [0.25, 0.3) is 5.91 Å². The highest BCUT2D eigenvalue weighted by Gasteiger charge is 2.33. The van der Waals surface area contributed by atoms with E-state index in [1.165, 1.54) is 19.5 Å². The summed E-state index contributed by atoms with van der Waals surface area (Å²) in [6.07, 6.45) is 3.34. The third-order valence-corrected chi connectivity index (χ3v) is 5.18. The Morgan fingerprint density at radius 2 is 2.26 bits per heavy atom. The second-order valence-corrected chi connectivity index (χ2v) is 6.94. The molecule has 1 aromatic carbocycles. The van der Waals surface area contributed by atoms with Crippen LogP contribution in [0.1, 0.15) is 36.5 Å². The summed E-state index contributed by atoms with van der Waals surface area (Å²) in [6.45, 7) is 6.01. The number of carbonyl (C=O) groups is 1. The third kappa shape index (κ3) is 3.02. The summed E-state index contributed by atoms with van der Waals surface area (Å²) >= 11 is 0. The van der Waals surface area contributed by atoms with Crippen LogP contribution in [0.4, 0.5) is 0 Å². The van der Waals surface area contributed by atoms with Gasteiger partial charge in [-0.15, -0.1) is 0 Å². The van der Waals surface area contributed by atoms with Crippen molar-refractivity contribution in [2.45, 2.75) is 38.3 Å². The molecule has 1 N–H and O–H groups in total. The molecule has 0 aromatic heterocycles. The molecular weight excluding hydrogens is 292 g/mol. The van der Waals surface area contributed by atoms with E-state index in [9.17, 15) is 4.79 Å². The van der Waals surface area contributed by atoms with E-state index in [0.717, 1.165) is 31.1 Å². The first-order valence-corrected chi connectivity index (χ1v) is 8.68. The molecule has 5 nitrogen and oxygen atoms in total. The van der Waals surface area contributed by atoms with Gasteiger partial charge in [-0.3, -0.25) is 4.79 Å². The summed E-state index contributed by atoms with van der Waals surface area (Å²) in [6, 6.07) is 5.73. The fourth-order valence-electron chi connectivity index (χ4n) is 3.89. The van der Waals surface area contributed by atoms with E-state index in [-0.39, 0.29) is 18.1 Å². The number of nitrogens with zero attached hydrogens (tertiary/aromatic N) is 1. The first kappa shape index (κ1) is 14.8. The predicted octanol–water partition coefficient (Wildman–Crippen LogP) is 2.06. The molecule has 124 valence electrons. The monoisotopic (exact) mass is 316 g/mol. The lowest BCUT2D eigenvalue weighted by atomic mass is 9.96. The molecule has 3 aliphatic rings. The zero-order valence-corrected chi connectivity index (χ0v) is 13.6. The molecule has 1 aromatic rings. The molecule has 2 saturated heterocycles.